The van der Waals surface area contributed by atoms with E-state index in [0.29, 0.717) is 49.6 Å². The van der Waals surface area contributed by atoms with Gasteiger partial charge in [0.15, 0.2) is 5.58 Å². The third-order valence-electron chi connectivity index (χ3n) is 5.62. The number of piperazine rings is 1. The molecule has 0 radical (unpaired) electrons. The van der Waals surface area contributed by atoms with Crippen molar-refractivity contribution in [2.24, 2.45) is 0 Å². The number of carbonyl (C=O) groups excluding carboxylic acids is 1. The molecule has 2 aromatic carbocycles. The molecule has 11 heteroatoms. The summed E-state index contributed by atoms with van der Waals surface area (Å²) in [7, 11) is 0. The number of nitrogens with zero attached hydrogens (tertiary/aromatic N) is 5. The number of oxazole rings is 1. The van der Waals surface area contributed by atoms with Crippen LogP contribution in [-0.4, -0.2) is 60.3 Å². The number of alkyl halides is 1. The van der Waals surface area contributed by atoms with E-state index in [1.807, 2.05) is 29.2 Å². The van der Waals surface area contributed by atoms with E-state index < -0.39 is 12.6 Å². The van der Waals surface area contributed by atoms with Crippen LogP contribution in [0.1, 0.15) is 10.4 Å². The SMILES string of the molecule is Nc1nc(N2CCN(c3nc4ccccc4o3)CC2)ncc1C(=O)Nc1ccc(OCCF)cc1. The zero-order valence-corrected chi connectivity index (χ0v) is 18.9. The van der Waals surface area contributed by atoms with Gasteiger partial charge < -0.3 is 30.0 Å². The van der Waals surface area contributed by atoms with Crippen molar-refractivity contribution in [2.45, 2.75) is 0 Å². The number of nitrogen functional groups attached to an aromatic ring is 1. The van der Waals surface area contributed by atoms with Crippen LogP contribution in [0.3, 0.4) is 0 Å². The Labute approximate surface area is 200 Å². The second kappa shape index (κ2) is 9.84. The lowest BCUT2D eigenvalue weighted by Gasteiger charge is -2.33. The molecule has 2 aromatic heterocycles. The first kappa shape index (κ1) is 22.4. The maximum atomic E-state index is 12.7. The number of carbonyl (C=O) groups is 1. The average molecular weight is 478 g/mol. The molecule has 5 rings (SSSR count). The molecule has 3 N–H and O–H groups in total. The number of hydrogen-bond acceptors (Lipinski definition) is 9. The van der Waals surface area contributed by atoms with Gasteiger partial charge in [-0.3, -0.25) is 4.79 Å². The summed E-state index contributed by atoms with van der Waals surface area (Å²) >= 11 is 0. The molecule has 180 valence electrons. The van der Waals surface area contributed by atoms with Crippen molar-refractivity contribution >= 4 is 40.5 Å². The highest BCUT2D eigenvalue weighted by molar-refractivity contribution is 6.07. The number of hydrogen-bond donors (Lipinski definition) is 2. The smallest absolute Gasteiger partial charge is 0.298 e. The molecule has 1 fully saturated rings. The number of ether oxygens (including phenoxy) is 1. The normalized spacial score (nSPS) is 13.7. The van der Waals surface area contributed by atoms with Gasteiger partial charge in [-0.25, -0.2) is 9.37 Å². The number of aromatic nitrogens is 3. The van der Waals surface area contributed by atoms with Gasteiger partial charge in [0.2, 0.25) is 5.95 Å². The summed E-state index contributed by atoms with van der Waals surface area (Å²) in [4.78, 5) is 30.0. The summed E-state index contributed by atoms with van der Waals surface area (Å²) in [5.41, 5.74) is 8.40. The monoisotopic (exact) mass is 477 g/mol. The second-order valence-electron chi connectivity index (χ2n) is 7.92. The molecular weight excluding hydrogens is 453 g/mol. The molecule has 35 heavy (non-hydrogen) atoms. The molecule has 1 amide bonds. The Morgan fingerprint density at radius 2 is 1.80 bits per heavy atom. The van der Waals surface area contributed by atoms with Gasteiger partial charge in [-0.2, -0.15) is 9.97 Å². The minimum absolute atomic E-state index is 0.0161. The van der Waals surface area contributed by atoms with Crippen molar-refractivity contribution in [3.8, 4) is 5.75 Å². The summed E-state index contributed by atoms with van der Waals surface area (Å²) in [5, 5.41) is 2.75. The molecule has 1 saturated heterocycles. The van der Waals surface area contributed by atoms with Crippen LogP contribution in [0.25, 0.3) is 11.1 Å². The molecule has 0 spiro atoms. The van der Waals surface area contributed by atoms with Gasteiger partial charge in [-0.05, 0) is 36.4 Å². The van der Waals surface area contributed by atoms with Crippen molar-refractivity contribution in [3.05, 3.63) is 60.3 Å². The number of fused-ring (bicyclic) bond motifs is 1. The highest BCUT2D eigenvalue weighted by Gasteiger charge is 2.23. The van der Waals surface area contributed by atoms with Crippen LogP contribution in [0.5, 0.6) is 5.75 Å². The second-order valence-corrected chi connectivity index (χ2v) is 7.92. The zero-order chi connectivity index (χ0) is 24.2. The minimum atomic E-state index is -0.568. The molecule has 1 aliphatic heterocycles. The van der Waals surface area contributed by atoms with E-state index in [-0.39, 0.29) is 18.0 Å². The predicted molar refractivity (Wildman–Crippen MR) is 131 cm³/mol. The number of nitrogens with two attached hydrogens (primary N) is 1. The summed E-state index contributed by atoms with van der Waals surface area (Å²) in [6, 6.07) is 14.9. The van der Waals surface area contributed by atoms with Gasteiger partial charge >= 0.3 is 0 Å². The molecule has 10 nitrogen and oxygen atoms in total. The van der Waals surface area contributed by atoms with Gasteiger partial charge in [0.05, 0.1) is 0 Å². The average Bonchev–Trinajstić information content (AvgIpc) is 3.33. The molecule has 0 bridgehead atoms. The van der Waals surface area contributed by atoms with Crippen LogP contribution >= 0.6 is 0 Å². The lowest BCUT2D eigenvalue weighted by atomic mass is 10.2. The predicted octanol–water partition coefficient (Wildman–Crippen LogP) is 3.13. The minimum Gasteiger partial charge on any atom is -0.491 e. The van der Waals surface area contributed by atoms with Crippen molar-refractivity contribution in [1.82, 2.24) is 15.0 Å². The summed E-state index contributed by atoms with van der Waals surface area (Å²) in [6.45, 7) is 2.09. The fourth-order valence-electron chi connectivity index (χ4n) is 3.79. The number of halogens is 1. The fourth-order valence-corrected chi connectivity index (χ4v) is 3.79. The van der Waals surface area contributed by atoms with Gasteiger partial charge in [0.1, 0.15) is 35.9 Å². The largest absolute Gasteiger partial charge is 0.491 e. The van der Waals surface area contributed by atoms with Crippen LogP contribution in [0.4, 0.5) is 27.9 Å². The molecule has 0 atom stereocenters. The van der Waals surface area contributed by atoms with Gasteiger partial charge in [0, 0.05) is 38.1 Å². The standard InChI is InChI=1S/C24H24FN7O3/c25-9-14-34-17-7-5-16(6-8-17)28-22(33)18-15-27-23(30-21(18)26)31-10-12-32(13-11-31)24-29-19-3-1-2-4-20(19)35-24/h1-8,15H,9-14H2,(H,28,33)(H2,26,27,30). The first-order valence-corrected chi connectivity index (χ1v) is 11.2. The first-order chi connectivity index (χ1) is 17.1. The Morgan fingerprint density at radius 1 is 1.06 bits per heavy atom. The topological polar surface area (TPSA) is 123 Å². The number of para-hydroxylation sites is 2. The van der Waals surface area contributed by atoms with E-state index in [1.165, 1.54) is 6.20 Å². The highest BCUT2D eigenvalue weighted by atomic mass is 19.1. The number of amides is 1. The Morgan fingerprint density at radius 3 is 2.51 bits per heavy atom. The Balaban J connectivity index is 1.20. The lowest BCUT2D eigenvalue weighted by molar-refractivity contribution is 0.102. The Kier molecular flexibility index (Phi) is 6.29. The van der Waals surface area contributed by atoms with Crippen LogP contribution < -0.4 is 25.6 Å². The van der Waals surface area contributed by atoms with Crippen molar-refractivity contribution in [1.29, 1.82) is 0 Å². The van der Waals surface area contributed by atoms with E-state index >= 15 is 0 Å². The van der Waals surface area contributed by atoms with Gasteiger partial charge in [-0.15, -0.1) is 0 Å². The van der Waals surface area contributed by atoms with Crippen LogP contribution in [-0.2, 0) is 0 Å². The Hall–Kier alpha value is -4.41. The Bertz CT molecular complexity index is 1290. The zero-order valence-electron chi connectivity index (χ0n) is 18.9. The molecular formula is C24H24FN7O3. The first-order valence-electron chi connectivity index (χ1n) is 11.2. The van der Waals surface area contributed by atoms with E-state index in [0.717, 1.165) is 11.1 Å². The van der Waals surface area contributed by atoms with Crippen LogP contribution in [0.2, 0.25) is 0 Å². The molecule has 1 aliphatic rings. The summed E-state index contributed by atoms with van der Waals surface area (Å²) in [6.07, 6.45) is 1.43. The quantitative estimate of drug-likeness (QED) is 0.413. The van der Waals surface area contributed by atoms with Crippen molar-refractivity contribution < 1.29 is 18.3 Å². The summed E-state index contributed by atoms with van der Waals surface area (Å²) < 4.78 is 23.3. The van der Waals surface area contributed by atoms with Gasteiger partial charge in [0.25, 0.3) is 11.9 Å². The van der Waals surface area contributed by atoms with E-state index in [2.05, 4.69) is 25.2 Å². The van der Waals surface area contributed by atoms with E-state index in [1.54, 1.807) is 24.3 Å². The molecule has 3 heterocycles. The van der Waals surface area contributed by atoms with Crippen molar-refractivity contribution in [2.75, 3.05) is 60.3 Å². The third-order valence-corrected chi connectivity index (χ3v) is 5.62. The number of anilines is 4. The molecule has 0 saturated carbocycles. The highest BCUT2D eigenvalue weighted by Crippen LogP contribution is 2.24. The third kappa shape index (κ3) is 4.93. The number of nitrogens with one attached hydrogen (secondary N) is 1. The molecule has 4 aromatic rings. The van der Waals surface area contributed by atoms with Crippen molar-refractivity contribution in [3.63, 3.8) is 0 Å². The van der Waals surface area contributed by atoms with Crippen LogP contribution in [0, 0.1) is 0 Å². The van der Waals surface area contributed by atoms with E-state index in [9.17, 15) is 9.18 Å². The molecule has 0 aliphatic carbocycles. The van der Waals surface area contributed by atoms with E-state index in [4.69, 9.17) is 14.9 Å². The number of rotatable bonds is 7. The number of benzene rings is 2. The fraction of sp³-hybridized carbons (Fsp3) is 0.250. The van der Waals surface area contributed by atoms with Gasteiger partial charge in [-0.1, -0.05) is 12.1 Å². The lowest BCUT2D eigenvalue weighted by Crippen LogP contribution is -2.47. The summed E-state index contributed by atoms with van der Waals surface area (Å²) in [5.74, 6) is 0.652. The molecule has 0 unspecified atom stereocenters. The van der Waals surface area contributed by atoms with Crippen LogP contribution in [0.15, 0.2) is 59.1 Å². The maximum absolute atomic E-state index is 12.7. The maximum Gasteiger partial charge on any atom is 0.298 e.